The third-order valence-electron chi connectivity index (χ3n) is 3.70. The van der Waals surface area contributed by atoms with Crippen LogP contribution in [0.4, 0.5) is 0 Å². The van der Waals surface area contributed by atoms with E-state index >= 15 is 0 Å². The zero-order valence-corrected chi connectivity index (χ0v) is 11.2. The second-order valence-electron chi connectivity index (χ2n) is 5.03. The van der Waals surface area contributed by atoms with E-state index in [1.165, 1.54) is 6.33 Å². The third kappa shape index (κ3) is 2.77. The molecule has 1 aromatic heterocycles. The van der Waals surface area contributed by atoms with Gasteiger partial charge in [-0.25, -0.2) is 9.67 Å². The summed E-state index contributed by atoms with van der Waals surface area (Å²) >= 11 is 0. The lowest BCUT2D eigenvalue weighted by Crippen LogP contribution is -2.41. The van der Waals surface area contributed by atoms with E-state index < -0.39 is 0 Å². The zero-order valence-electron chi connectivity index (χ0n) is 11.2. The Kier molecular flexibility index (Phi) is 4.11. The molecule has 0 saturated heterocycles. The minimum Gasteiger partial charge on any atom is -0.378 e. The van der Waals surface area contributed by atoms with Gasteiger partial charge in [-0.3, -0.25) is 4.79 Å². The molecule has 1 fully saturated rings. The summed E-state index contributed by atoms with van der Waals surface area (Å²) < 4.78 is 7.30. The topological polar surface area (TPSA) is 57.0 Å². The number of rotatable bonds is 7. The molecule has 0 radical (unpaired) electrons. The van der Waals surface area contributed by atoms with Gasteiger partial charge < -0.3 is 4.74 Å². The van der Waals surface area contributed by atoms with Crippen LogP contribution in [0, 0.1) is 0 Å². The number of ketones is 1. The highest BCUT2D eigenvalue weighted by Gasteiger charge is 2.38. The quantitative estimate of drug-likeness (QED) is 0.741. The Morgan fingerprint density at radius 1 is 1.56 bits per heavy atom. The Balaban J connectivity index is 1.92. The Hall–Kier alpha value is -1.23. The number of Topliss-reactive ketones (excluding diaryl/α,β-unsaturated/α-hetero) is 1. The van der Waals surface area contributed by atoms with Crippen LogP contribution in [0.3, 0.4) is 0 Å². The van der Waals surface area contributed by atoms with Crippen molar-refractivity contribution in [3.63, 3.8) is 0 Å². The Morgan fingerprint density at radius 2 is 2.33 bits per heavy atom. The van der Waals surface area contributed by atoms with Crippen LogP contribution in [0.1, 0.15) is 44.9 Å². The van der Waals surface area contributed by atoms with Gasteiger partial charge in [0.25, 0.3) is 0 Å². The lowest BCUT2D eigenvalue weighted by molar-refractivity contribution is -0.131. The molecule has 1 heterocycles. The third-order valence-corrected chi connectivity index (χ3v) is 3.70. The van der Waals surface area contributed by atoms with Crippen molar-refractivity contribution >= 4 is 5.78 Å². The number of methoxy groups -OCH3 is 1. The molecule has 0 aromatic carbocycles. The van der Waals surface area contributed by atoms with Crippen molar-refractivity contribution in [2.24, 2.45) is 0 Å². The monoisotopic (exact) mass is 251 g/mol. The van der Waals surface area contributed by atoms with Gasteiger partial charge >= 0.3 is 0 Å². The molecule has 0 N–H and O–H groups in total. The summed E-state index contributed by atoms with van der Waals surface area (Å²) in [5, 5.41) is 4.13. The first-order valence-corrected chi connectivity index (χ1v) is 6.62. The Morgan fingerprint density at radius 3 is 2.89 bits per heavy atom. The number of aryl methyl sites for hydroxylation is 1. The first-order chi connectivity index (χ1) is 8.69. The molecular formula is C13H21N3O2. The molecule has 0 amide bonds. The van der Waals surface area contributed by atoms with Crippen LogP contribution in [-0.2, 0) is 22.5 Å². The van der Waals surface area contributed by atoms with Crippen molar-refractivity contribution in [3.8, 4) is 0 Å². The second kappa shape index (κ2) is 5.61. The molecule has 5 nitrogen and oxygen atoms in total. The molecule has 0 spiro atoms. The minimum absolute atomic E-state index is 0.188. The average Bonchev–Trinajstić information content (AvgIpc) is 2.72. The van der Waals surface area contributed by atoms with Crippen molar-refractivity contribution in [2.75, 3.05) is 7.11 Å². The number of carbonyl (C=O) groups is 1. The molecule has 100 valence electrons. The van der Waals surface area contributed by atoms with Gasteiger partial charge in [-0.05, 0) is 25.7 Å². The summed E-state index contributed by atoms with van der Waals surface area (Å²) in [4.78, 5) is 16.2. The number of hydrogen-bond acceptors (Lipinski definition) is 4. The van der Waals surface area contributed by atoms with Crippen molar-refractivity contribution in [1.82, 2.24) is 14.8 Å². The normalized spacial score (nSPS) is 17.4. The first-order valence-electron chi connectivity index (χ1n) is 6.62. The number of carbonyl (C=O) groups excluding carboxylic acids is 1. The first kappa shape index (κ1) is 13.2. The Labute approximate surface area is 108 Å². The maximum atomic E-state index is 12.1. The van der Waals surface area contributed by atoms with E-state index in [1.807, 2.05) is 4.68 Å². The van der Waals surface area contributed by atoms with Crippen molar-refractivity contribution in [3.05, 3.63) is 12.2 Å². The van der Waals surface area contributed by atoms with Gasteiger partial charge in [0, 0.05) is 20.1 Å². The van der Waals surface area contributed by atoms with E-state index in [9.17, 15) is 4.79 Å². The van der Waals surface area contributed by atoms with E-state index in [4.69, 9.17) is 4.74 Å². The molecule has 18 heavy (non-hydrogen) atoms. The fourth-order valence-electron chi connectivity index (χ4n) is 2.45. The predicted octanol–water partition coefficient (Wildman–Crippen LogP) is 1.76. The van der Waals surface area contributed by atoms with Gasteiger partial charge in [0.05, 0.1) is 12.0 Å². The molecule has 0 bridgehead atoms. The summed E-state index contributed by atoms with van der Waals surface area (Å²) in [6.45, 7) is 2.90. The molecule has 1 saturated carbocycles. The van der Waals surface area contributed by atoms with Gasteiger partial charge in [0.2, 0.25) is 0 Å². The summed E-state index contributed by atoms with van der Waals surface area (Å²) in [6.07, 6.45) is 6.54. The molecule has 1 aliphatic rings. The van der Waals surface area contributed by atoms with E-state index in [2.05, 4.69) is 17.0 Å². The van der Waals surface area contributed by atoms with Crippen LogP contribution in [0.15, 0.2) is 6.33 Å². The lowest BCUT2D eigenvalue weighted by atomic mass is 9.76. The fraction of sp³-hybridized carbons (Fsp3) is 0.769. The largest absolute Gasteiger partial charge is 0.378 e. The maximum absolute atomic E-state index is 12.1. The standard InChI is InChI=1S/C13H21N3O2/c1-3-7-16-12(14-10-15-16)8-11(17)9-13(18-2)5-4-6-13/h10H,3-9H2,1-2H3. The Bertz CT molecular complexity index is 405. The van der Waals surface area contributed by atoms with Crippen LogP contribution >= 0.6 is 0 Å². The van der Waals surface area contributed by atoms with Gasteiger partial charge in [0.15, 0.2) is 0 Å². The average molecular weight is 251 g/mol. The molecule has 0 atom stereocenters. The molecule has 0 unspecified atom stereocenters. The second-order valence-corrected chi connectivity index (χ2v) is 5.03. The van der Waals surface area contributed by atoms with Crippen LogP contribution in [-0.4, -0.2) is 33.3 Å². The van der Waals surface area contributed by atoms with Gasteiger partial charge in [0.1, 0.15) is 17.9 Å². The van der Waals surface area contributed by atoms with Crippen molar-refractivity contribution in [2.45, 2.75) is 57.6 Å². The molecule has 1 aromatic rings. The summed E-state index contributed by atoms with van der Waals surface area (Å²) in [6, 6.07) is 0. The zero-order chi connectivity index (χ0) is 13.0. The van der Waals surface area contributed by atoms with Crippen LogP contribution in [0.5, 0.6) is 0 Å². The number of ether oxygens (including phenoxy) is 1. The van der Waals surface area contributed by atoms with E-state index in [0.29, 0.717) is 12.8 Å². The summed E-state index contributed by atoms with van der Waals surface area (Å²) in [5.74, 6) is 0.967. The lowest BCUT2D eigenvalue weighted by Gasteiger charge is -2.40. The van der Waals surface area contributed by atoms with Crippen LogP contribution in [0.2, 0.25) is 0 Å². The minimum atomic E-state index is -0.188. The van der Waals surface area contributed by atoms with Gasteiger partial charge in [-0.15, -0.1) is 0 Å². The summed E-state index contributed by atoms with van der Waals surface area (Å²) in [5.41, 5.74) is -0.188. The molecular weight excluding hydrogens is 230 g/mol. The molecule has 1 aliphatic carbocycles. The smallest absolute Gasteiger partial charge is 0.143 e. The van der Waals surface area contributed by atoms with E-state index in [0.717, 1.165) is 38.1 Å². The fourth-order valence-corrected chi connectivity index (χ4v) is 2.45. The SMILES string of the molecule is CCCn1ncnc1CC(=O)CC1(OC)CCC1. The predicted molar refractivity (Wildman–Crippen MR) is 67.2 cm³/mol. The maximum Gasteiger partial charge on any atom is 0.143 e. The van der Waals surface area contributed by atoms with Gasteiger partial charge in [-0.2, -0.15) is 5.10 Å². The highest BCUT2D eigenvalue weighted by atomic mass is 16.5. The van der Waals surface area contributed by atoms with Crippen LogP contribution < -0.4 is 0 Å². The highest BCUT2D eigenvalue weighted by molar-refractivity contribution is 5.81. The van der Waals surface area contributed by atoms with Crippen LogP contribution in [0.25, 0.3) is 0 Å². The highest BCUT2D eigenvalue weighted by Crippen LogP contribution is 2.38. The number of aromatic nitrogens is 3. The molecule has 5 heteroatoms. The number of nitrogens with zero attached hydrogens (tertiary/aromatic N) is 3. The molecule has 2 rings (SSSR count). The van der Waals surface area contributed by atoms with Gasteiger partial charge in [-0.1, -0.05) is 6.92 Å². The van der Waals surface area contributed by atoms with E-state index in [1.54, 1.807) is 7.11 Å². The summed E-state index contributed by atoms with van der Waals surface area (Å²) in [7, 11) is 1.70. The number of hydrogen-bond donors (Lipinski definition) is 0. The van der Waals surface area contributed by atoms with Crippen molar-refractivity contribution in [1.29, 1.82) is 0 Å². The van der Waals surface area contributed by atoms with E-state index in [-0.39, 0.29) is 11.4 Å². The molecule has 0 aliphatic heterocycles. The van der Waals surface area contributed by atoms with Crippen molar-refractivity contribution < 1.29 is 9.53 Å².